The highest BCUT2D eigenvalue weighted by atomic mass is 16.6. The van der Waals surface area contributed by atoms with E-state index in [4.69, 9.17) is 4.74 Å². The third-order valence-electron chi connectivity index (χ3n) is 3.25. The number of hydrogen-bond donors (Lipinski definition) is 0. The summed E-state index contributed by atoms with van der Waals surface area (Å²) >= 11 is 0. The number of aromatic nitrogens is 2. The summed E-state index contributed by atoms with van der Waals surface area (Å²) in [6.07, 6.45) is 1.38. The third-order valence-corrected chi connectivity index (χ3v) is 3.25. The molecular formula is C14H22N4O3. The summed E-state index contributed by atoms with van der Waals surface area (Å²) in [7, 11) is 1.62. The van der Waals surface area contributed by atoms with E-state index in [1.807, 2.05) is 20.8 Å². The largest absolute Gasteiger partial charge is 0.444 e. The van der Waals surface area contributed by atoms with Gasteiger partial charge in [0, 0.05) is 39.3 Å². The zero-order valence-electron chi connectivity index (χ0n) is 13.0. The van der Waals surface area contributed by atoms with Crippen LogP contribution < -0.4 is 10.5 Å². The molecule has 2 heterocycles. The first-order chi connectivity index (χ1) is 9.76. The predicted octanol–water partition coefficient (Wildman–Crippen LogP) is 0.837. The Kier molecular flexibility index (Phi) is 4.20. The van der Waals surface area contributed by atoms with Crippen LogP contribution in [0.15, 0.2) is 17.1 Å². The summed E-state index contributed by atoms with van der Waals surface area (Å²) < 4.78 is 6.65. The van der Waals surface area contributed by atoms with E-state index in [1.165, 1.54) is 4.68 Å². The number of nitrogens with zero attached hydrogens (tertiary/aromatic N) is 4. The van der Waals surface area contributed by atoms with Crippen molar-refractivity contribution in [3.63, 3.8) is 0 Å². The molecule has 1 amide bonds. The molecule has 0 radical (unpaired) electrons. The molecule has 2 rings (SSSR count). The van der Waals surface area contributed by atoms with Crippen molar-refractivity contribution in [2.24, 2.45) is 7.05 Å². The Morgan fingerprint density at radius 1 is 1.24 bits per heavy atom. The zero-order chi connectivity index (χ0) is 15.6. The Morgan fingerprint density at radius 2 is 1.86 bits per heavy atom. The van der Waals surface area contributed by atoms with Crippen LogP contribution >= 0.6 is 0 Å². The number of hydrogen-bond acceptors (Lipinski definition) is 5. The summed E-state index contributed by atoms with van der Waals surface area (Å²) in [5.41, 5.74) is 0.174. The van der Waals surface area contributed by atoms with E-state index in [-0.39, 0.29) is 11.7 Å². The lowest BCUT2D eigenvalue weighted by Crippen LogP contribution is -2.50. The molecule has 0 N–H and O–H groups in total. The van der Waals surface area contributed by atoms with Gasteiger partial charge in [0.2, 0.25) is 0 Å². The molecule has 1 saturated heterocycles. The summed E-state index contributed by atoms with van der Waals surface area (Å²) in [5, 5.41) is 4.01. The molecule has 1 aromatic heterocycles. The minimum Gasteiger partial charge on any atom is -0.444 e. The molecule has 1 fully saturated rings. The summed E-state index contributed by atoms with van der Waals surface area (Å²) in [6.45, 7) is 8.03. The Morgan fingerprint density at radius 3 is 2.38 bits per heavy atom. The number of piperazine rings is 1. The van der Waals surface area contributed by atoms with Crippen LogP contribution in [0.25, 0.3) is 0 Å². The molecule has 7 nitrogen and oxygen atoms in total. The fraction of sp³-hybridized carbons (Fsp3) is 0.643. The topological polar surface area (TPSA) is 67.7 Å². The number of carbonyl (C=O) groups excluding carboxylic acids is 1. The highest BCUT2D eigenvalue weighted by Crippen LogP contribution is 2.15. The first-order valence-electron chi connectivity index (χ1n) is 7.02. The standard InChI is InChI=1S/C14H22N4O3/c1-14(2,3)21-13(20)18-7-5-17(6-8-18)11-9-12(19)16(4)15-10-11/h9-10H,5-8H2,1-4H3. The average Bonchev–Trinajstić information content (AvgIpc) is 2.40. The van der Waals surface area contributed by atoms with Gasteiger partial charge in [-0.1, -0.05) is 0 Å². The fourth-order valence-electron chi connectivity index (χ4n) is 2.11. The summed E-state index contributed by atoms with van der Waals surface area (Å²) in [6, 6.07) is 1.57. The third kappa shape index (κ3) is 3.96. The monoisotopic (exact) mass is 294 g/mol. The zero-order valence-corrected chi connectivity index (χ0v) is 13.0. The molecule has 1 aliphatic rings. The van der Waals surface area contributed by atoms with Crippen molar-refractivity contribution in [1.29, 1.82) is 0 Å². The van der Waals surface area contributed by atoms with Crippen molar-refractivity contribution in [3.05, 3.63) is 22.6 Å². The second-order valence-electron chi connectivity index (χ2n) is 6.13. The van der Waals surface area contributed by atoms with Crippen LogP contribution in [0.1, 0.15) is 20.8 Å². The van der Waals surface area contributed by atoms with Crippen molar-refractivity contribution in [1.82, 2.24) is 14.7 Å². The quantitative estimate of drug-likeness (QED) is 0.767. The lowest BCUT2D eigenvalue weighted by atomic mass is 10.2. The van der Waals surface area contributed by atoms with Crippen LogP contribution in [0.3, 0.4) is 0 Å². The van der Waals surface area contributed by atoms with Crippen molar-refractivity contribution in [3.8, 4) is 0 Å². The van der Waals surface area contributed by atoms with Crippen LogP contribution in [0, 0.1) is 0 Å². The van der Waals surface area contributed by atoms with E-state index in [1.54, 1.807) is 24.2 Å². The first-order valence-corrected chi connectivity index (χ1v) is 7.02. The number of carbonyl (C=O) groups is 1. The molecule has 0 spiro atoms. The van der Waals surface area contributed by atoms with E-state index in [0.717, 1.165) is 5.69 Å². The Labute approximate surface area is 124 Å². The molecule has 0 aromatic carbocycles. The van der Waals surface area contributed by atoms with Gasteiger partial charge in [0.15, 0.2) is 0 Å². The van der Waals surface area contributed by atoms with Gasteiger partial charge in [-0.05, 0) is 20.8 Å². The predicted molar refractivity (Wildman–Crippen MR) is 79.5 cm³/mol. The number of aryl methyl sites for hydroxylation is 1. The van der Waals surface area contributed by atoms with Crippen molar-refractivity contribution in [2.45, 2.75) is 26.4 Å². The molecular weight excluding hydrogens is 272 g/mol. The molecule has 116 valence electrons. The molecule has 21 heavy (non-hydrogen) atoms. The Hall–Kier alpha value is -2.05. The van der Waals surface area contributed by atoms with Gasteiger partial charge in [0.1, 0.15) is 5.60 Å². The van der Waals surface area contributed by atoms with E-state index < -0.39 is 5.60 Å². The van der Waals surface area contributed by atoms with Crippen LogP contribution in [0.2, 0.25) is 0 Å². The Bertz CT molecular complexity index is 568. The second-order valence-corrected chi connectivity index (χ2v) is 6.13. The van der Waals surface area contributed by atoms with Crippen LogP contribution in [0.5, 0.6) is 0 Å². The van der Waals surface area contributed by atoms with Gasteiger partial charge >= 0.3 is 6.09 Å². The lowest BCUT2D eigenvalue weighted by Gasteiger charge is -2.36. The van der Waals surface area contributed by atoms with Gasteiger partial charge < -0.3 is 14.5 Å². The van der Waals surface area contributed by atoms with Gasteiger partial charge in [0.05, 0.1) is 11.9 Å². The summed E-state index contributed by atoms with van der Waals surface area (Å²) in [4.78, 5) is 27.3. The SMILES string of the molecule is Cn1ncc(N2CCN(C(=O)OC(C)(C)C)CC2)cc1=O. The van der Waals surface area contributed by atoms with Gasteiger partial charge in [-0.2, -0.15) is 5.10 Å². The van der Waals surface area contributed by atoms with E-state index in [9.17, 15) is 9.59 Å². The minimum atomic E-state index is -0.482. The maximum atomic E-state index is 12.0. The Balaban J connectivity index is 1.95. The molecule has 7 heteroatoms. The number of rotatable bonds is 1. The van der Waals surface area contributed by atoms with Gasteiger partial charge in [0.25, 0.3) is 5.56 Å². The fourth-order valence-corrected chi connectivity index (χ4v) is 2.11. The number of anilines is 1. The maximum absolute atomic E-state index is 12.0. The number of amides is 1. The van der Waals surface area contributed by atoms with Crippen molar-refractivity contribution < 1.29 is 9.53 Å². The van der Waals surface area contributed by atoms with Gasteiger partial charge in [-0.15, -0.1) is 0 Å². The summed E-state index contributed by atoms with van der Waals surface area (Å²) in [5.74, 6) is 0. The molecule has 0 atom stereocenters. The second kappa shape index (κ2) is 5.75. The maximum Gasteiger partial charge on any atom is 0.410 e. The number of ether oxygens (including phenoxy) is 1. The highest BCUT2D eigenvalue weighted by Gasteiger charge is 2.26. The molecule has 0 saturated carbocycles. The van der Waals surface area contributed by atoms with Crippen molar-refractivity contribution in [2.75, 3.05) is 31.1 Å². The van der Waals surface area contributed by atoms with Gasteiger partial charge in [-0.3, -0.25) is 4.79 Å². The lowest BCUT2D eigenvalue weighted by molar-refractivity contribution is 0.0240. The molecule has 1 aromatic rings. The van der Waals surface area contributed by atoms with Crippen LogP contribution in [0.4, 0.5) is 10.5 Å². The van der Waals surface area contributed by atoms with Crippen molar-refractivity contribution >= 4 is 11.8 Å². The smallest absolute Gasteiger partial charge is 0.410 e. The minimum absolute atomic E-state index is 0.137. The van der Waals surface area contributed by atoms with E-state index in [0.29, 0.717) is 26.2 Å². The van der Waals surface area contributed by atoms with Gasteiger partial charge in [-0.25, -0.2) is 9.48 Å². The van der Waals surface area contributed by atoms with Crippen LogP contribution in [-0.2, 0) is 11.8 Å². The highest BCUT2D eigenvalue weighted by molar-refractivity contribution is 5.68. The first kappa shape index (κ1) is 15.3. The molecule has 0 aliphatic carbocycles. The average molecular weight is 294 g/mol. The van der Waals surface area contributed by atoms with Crippen LogP contribution in [-0.4, -0.2) is 52.6 Å². The molecule has 1 aliphatic heterocycles. The normalized spacial score (nSPS) is 16.0. The van der Waals surface area contributed by atoms with E-state index in [2.05, 4.69) is 10.00 Å². The molecule has 0 unspecified atom stereocenters. The van der Waals surface area contributed by atoms with E-state index >= 15 is 0 Å². The molecule has 0 bridgehead atoms.